The summed E-state index contributed by atoms with van der Waals surface area (Å²) in [5.41, 5.74) is 1.11. The fraction of sp³-hybridized carbons (Fsp3) is 0. The minimum absolute atomic E-state index is 0.313. The maximum absolute atomic E-state index is 11.6. The van der Waals surface area contributed by atoms with Crippen LogP contribution in [0.15, 0.2) is 36.8 Å². The zero-order valence-electron chi connectivity index (χ0n) is 8.59. The normalized spacial score (nSPS) is 9.71. The minimum atomic E-state index is -0.389. The molecular formula is C10H8ClN5O. The third kappa shape index (κ3) is 3.39. The number of rotatable bonds is 2. The number of pyridine rings is 1. The molecule has 0 radical (unpaired) electrons. The lowest BCUT2D eigenvalue weighted by molar-refractivity contribution is 0.262. The van der Waals surface area contributed by atoms with Gasteiger partial charge in [0, 0.05) is 11.9 Å². The van der Waals surface area contributed by atoms with Crippen molar-refractivity contribution in [1.29, 1.82) is 0 Å². The molecule has 0 bridgehead atoms. The quantitative estimate of drug-likeness (QED) is 0.800. The molecule has 0 fully saturated rings. The van der Waals surface area contributed by atoms with Crippen LogP contribution in [0.2, 0.25) is 5.15 Å². The van der Waals surface area contributed by atoms with E-state index in [9.17, 15) is 4.79 Å². The van der Waals surface area contributed by atoms with Gasteiger partial charge < -0.3 is 10.6 Å². The molecular weight excluding hydrogens is 242 g/mol. The van der Waals surface area contributed by atoms with Crippen LogP contribution in [0.4, 0.5) is 16.2 Å². The molecule has 17 heavy (non-hydrogen) atoms. The third-order valence-corrected chi connectivity index (χ3v) is 2.03. The molecule has 0 atom stereocenters. The Hall–Kier alpha value is -2.21. The van der Waals surface area contributed by atoms with Gasteiger partial charge in [0.05, 0.1) is 18.1 Å². The highest BCUT2D eigenvalue weighted by atomic mass is 35.5. The van der Waals surface area contributed by atoms with E-state index in [0.717, 1.165) is 0 Å². The van der Waals surface area contributed by atoms with Crippen molar-refractivity contribution in [2.45, 2.75) is 0 Å². The first-order valence-electron chi connectivity index (χ1n) is 4.70. The molecule has 2 heterocycles. The summed E-state index contributed by atoms with van der Waals surface area (Å²) in [6, 6.07) is 4.43. The van der Waals surface area contributed by atoms with Crippen LogP contribution < -0.4 is 10.6 Å². The summed E-state index contributed by atoms with van der Waals surface area (Å²) < 4.78 is 0. The number of amides is 2. The van der Waals surface area contributed by atoms with Crippen LogP contribution in [0, 0.1) is 0 Å². The molecule has 2 aromatic rings. The zero-order valence-corrected chi connectivity index (χ0v) is 9.35. The van der Waals surface area contributed by atoms with Crippen molar-refractivity contribution in [1.82, 2.24) is 15.2 Å². The predicted molar refractivity (Wildman–Crippen MR) is 63.9 cm³/mol. The van der Waals surface area contributed by atoms with Crippen molar-refractivity contribution in [3.8, 4) is 0 Å². The first-order chi connectivity index (χ1) is 8.24. The van der Waals surface area contributed by atoms with Crippen LogP contribution in [0.25, 0.3) is 0 Å². The lowest BCUT2D eigenvalue weighted by Gasteiger charge is -2.06. The first-order valence-corrected chi connectivity index (χ1v) is 5.08. The summed E-state index contributed by atoms with van der Waals surface area (Å²) in [6.07, 6.45) is 4.43. The van der Waals surface area contributed by atoms with Gasteiger partial charge in [0.1, 0.15) is 5.15 Å². The maximum atomic E-state index is 11.6. The second-order valence-corrected chi connectivity index (χ2v) is 3.46. The highest BCUT2D eigenvalue weighted by Crippen LogP contribution is 2.12. The number of halogens is 1. The molecule has 2 aromatic heterocycles. The molecule has 2 amide bonds. The lowest BCUT2D eigenvalue weighted by atomic mass is 10.4. The number of hydrogen-bond donors (Lipinski definition) is 2. The van der Waals surface area contributed by atoms with Crippen molar-refractivity contribution in [2.24, 2.45) is 0 Å². The molecule has 0 aliphatic rings. The van der Waals surface area contributed by atoms with Crippen molar-refractivity contribution < 1.29 is 4.79 Å². The van der Waals surface area contributed by atoms with Gasteiger partial charge in [0.2, 0.25) is 0 Å². The van der Waals surface area contributed by atoms with Crippen LogP contribution in [0.1, 0.15) is 0 Å². The number of carbonyl (C=O) groups is 1. The maximum Gasteiger partial charge on any atom is 0.323 e. The Labute approximate surface area is 102 Å². The fourth-order valence-corrected chi connectivity index (χ4v) is 1.31. The summed E-state index contributed by atoms with van der Waals surface area (Å²) >= 11 is 5.69. The van der Waals surface area contributed by atoms with Gasteiger partial charge in [0.15, 0.2) is 0 Å². The Bertz CT molecular complexity index is 519. The van der Waals surface area contributed by atoms with Gasteiger partial charge in [-0.1, -0.05) is 11.6 Å². The van der Waals surface area contributed by atoms with Crippen molar-refractivity contribution in [2.75, 3.05) is 10.6 Å². The second kappa shape index (κ2) is 5.22. The van der Waals surface area contributed by atoms with Gasteiger partial charge in [-0.05, 0) is 18.2 Å². The highest BCUT2D eigenvalue weighted by molar-refractivity contribution is 6.29. The van der Waals surface area contributed by atoms with E-state index in [-0.39, 0.29) is 6.03 Å². The Kier molecular flexibility index (Phi) is 3.46. The van der Waals surface area contributed by atoms with Gasteiger partial charge in [-0.15, -0.1) is 0 Å². The summed E-state index contributed by atoms with van der Waals surface area (Å²) in [5.74, 6) is 0. The molecule has 6 nitrogen and oxygen atoms in total. The van der Waals surface area contributed by atoms with Gasteiger partial charge in [-0.2, -0.15) is 10.2 Å². The van der Waals surface area contributed by atoms with E-state index in [1.54, 1.807) is 18.2 Å². The number of nitrogens with zero attached hydrogens (tertiary/aromatic N) is 3. The second-order valence-electron chi connectivity index (χ2n) is 3.08. The van der Waals surface area contributed by atoms with Gasteiger partial charge >= 0.3 is 6.03 Å². The van der Waals surface area contributed by atoms with Crippen molar-refractivity contribution in [3.05, 3.63) is 41.9 Å². The summed E-state index contributed by atoms with van der Waals surface area (Å²) in [4.78, 5) is 15.4. The molecule has 86 valence electrons. The number of hydrogen-bond acceptors (Lipinski definition) is 4. The average Bonchev–Trinajstić information content (AvgIpc) is 2.30. The molecule has 0 saturated heterocycles. The largest absolute Gasteiger partial charge is 0.323 e. The number of nitrogens with one attached hydrogen (secondary N) is 2. The first kappa shape index (κ1) is 11.3. The molecule has 2 N–H and O–H groups in total. The lowest BCUT2D eigenvalue weighted by Crippen LogP contribution is -2.19. The minimum Gasteiger partial charge on any atom is -0.308 e. The highest BCUT2D eigenvalue weighted by Gasteiger charge is 2.03. The molecule has 7 heteroatoms. The molecule has 0 spiro atoms. The van der Waals surface area contributed by atoms with Gasteiger partial charge in [-0.25, -0.2) is 9.78 Å². The Balaban J connectivity index is 1.98. The third-order valence-electron chi connectivity index (χ3n) is 1.83. The van der Waals surface area contributed by atoms with Gasteiger partial charge in [0.25, 0.3) is 0 Å². The molecule has 0 aliphatic heterocycles. The van der Waals surface area contributed by atoms with Crippen molar-refractivity contribution in [3.63, 3.8) is 0 Å². The Morgan fingerprint density at radius 2 is 1.88 bits per heavy atom. The smallest absolute Gasteiger partial charge is 0.308 e. The van der Waals surface area contributed by atoms with Gasteiger partial charge in [-0.3, -0.25) is 0 Å². The van der Waals surface area contributed by atoms with E-state index >= 15 is 0 Å². The topological polar surface area (TPSA) is 79.8 Å². The monoisotopic (exact) mass is 249 g/mol. The zero-order chi connectivity index (χ0) is 12.1. The van der Waals surface area contributed by atoms with E-state index in [1.165, 1.54) is 18.6 Å². The van der Waals surface area contributed by atoms with Crippen LogP contribution in [0.5, 0.6) is 0 Å². The Morgan fingerprint density at radius 1 is 1.12 bits per heavy atom. The number of carbonyl (C=O) groups excluding carboxylic acids is 1. The average molecular weight is 250 g/mol. The SMILES string of the molecule is O=C(Nc1ccnnc1)Nc1ccnc(Cl)c1. The predicted octanol–water partition coefficient (Wildman–Crippen LogP) is 2.17. The number of aromatic nitrogens is 3. The summed E-state index contributed by atoms with van der Waals surface area (Å²) in [5, 5.41) is 12.8. The molecule has 0 aromatic carbocycles. The fourth-order valence-electron chi connectivity index (χ4n) is 1.14. The summed E-state index contributed by atoms with van der Waals surface area (Å²) in [7, 11) is 0. The van der Waals surface area contributed by atoms with E-state index in [4.69, 9.17) is 11.6 Å². The molecule has 0 aliphatic carbocycles. The molecule has 0 saturated carbocycles. The standard InChI is InChI=1S/C10H8ClN5O/c11-9-5-7(1-3-12-9)15-10(17)16-8-2-4-13-14-6-8/h1-6H,(H2,12,13,15,16,17). The van der Waals surface area contributed by atoms with E-state index in [0.29, 0.717) is 16.5 Å². The van der Waals surface area contributed by atoms with E-state index in [2.05, 4.69) is 25.8 Å². The molecule has 2 rings (SSSR count). The number of urea groups is 1. The number of anilines is 2. The van der Waals surface area contributed by atoms with E-state index in [1.807, 2.05) is 0 Å². The van der Waals surface area contributed by atoms with Crippen molar-refractivity contribution >= 4 is 29.0 Å². The Morgan fingerprint density at radius 3 is 2.59 bits per heavy atom. The molecule has 0 unspecified atom stereocenters. The van der Waals surface area contributed by atoms with Crippen LogP contribution >= 0.6 is 11.6 Å². The van der Waals surface area contributed by atoms with Crippen LogP contribution in [-0.4, -0.2) is 21.2 Å². The summed E-state index contributed by atoms with van der Waals surface area (Å²) in [6.45, 7) is 0. The van der Waals surface area contributed by atoms with Crippen LogP contribution in [-0.2, 0) is 0 Å². The van der Waals surface area contributed by atoms with Crippen LogP contribution in [0.3, 0.4) is 0 Å². The van der Waals surface area contributed by atoms with E-state index < -0.39 is 0 Å².